The van der Waals surface area contributed by atoms with Gasteiger partial charge in [-0.3, -0.25) is 9.59 Å². The zero-order valence-electron chi connectivity index (χ0n) is 13.2. The molecule has 4 heteroatoms. The highest BCUT2D eigenvalue weighted by Crippen LogP contribution is 2.61. The van der Waals surface area contributed by atoms with Gasteiger partial charge in [0.1, 0.15) is 0 Å². The van der Waals surface area contributed by atoms with Crippen molar-refractivity contribution in [1.82, 2.24) is 5.32 Å². The third-order valence-corrected chi connectivity index (χ3v) is 5.77. The van der Waals surface area contributed by atoms with Crippen molar-refractivity contribution < 1.29 is 14.7 Å². The molecular weight excluding hydrogens is 266 g/mol. The normalized spacial score (nSPS) is 37.5. The number of carboxylic acid groups (broad SMARTS) is 1. The Bertz CT molecular complexity index is 420. The average Bonchev–Trinajstić information content (AvgIpc) is 2.21. The number of amides is 1. The maximum atomic E-state index is 12.4. The van der Waals surface area contributed by atoms with Crippen LogP contribution in [0.5, 0.6) is 0 Å². The Morgan fingerprint density at radius 3 is 2.00 bits per heavy atom. The summed E-state index contributed by atoms with van der Waals surface area (Å²) in [6.07, 6.45) is 8.35. The molecule has 0 atom stereocenters. The average molecular weight is 293 g/mol. The van der Waals surface area contributed by atoms with Gasteiger partial charge in [-0.15, -0.1) is 0 Å². The van der Waals surface area contributed by atoms with Crippen LogP contribution in [-0.2, 0) is 9.59 Å². The van der Waals surface area contributed by atoms with Gasteiger partial charge in [0.25, 0.3) is 0 Å². The molecule has 0 aromatic rings. The molecule has 0 aromatic heterocycles. The van der Waals surface area contributed by atoms with Gasteiger partial charge in [0.05, 0.1) is 6.42 Å². The van der Waals surface area contributed by atoms with Crippen molar-refractivity contribution in [2.75, 3.05) is 0 Å². The second kappa shape index (κ2) is 4.99. The highest BCUT2D eigenvalue weighted by Gasteiger charge is 2.51. The van der Waals surface area contributed by atoms with Gasteiger partial charge < -0.3 is 10.4 Å². The van der Waals surface area contributed by atoms with Crippen LogP contribution in [0.4, 0.5) is 0 Å². The van der Waals surface area contributed by atoms with E-state index < -0.39 is 11.5 Å². The third kappa shape index (κ3) is 3.24. The Morgan fingerprint density at radius 2 is 1.57 bits per heavy atom. The van der Waals surface area contributed by atoms with E-state index in [9.17, 15) is 9.59 Å². The third-order valence-electron chi connectivity index (χ3n) is 5.77. The first-order valence-electron chi connectivity index (χ1n) is 8.28. The first kappa shape index (κ1) is 14.9. The molecule has 21 heavy (non-hydrogen) atoms. The van der Waals surface area contributed by atoms with Crippen molar-refractivity contribution in [3.05, 3.63) is 0 Å². The van der Waals surface area contributed by atoms with E-state index in [1.54, 1.807) is 13.8 Å². The molecule has 4 nitrogen and oxygen atoms in total. The van der Waals surface area contributed by atoms with Crippen LogP contribution in [0.3, 0.4) is 0 Å². The van der Waals surface area contributed by atoms with Crippen molar-refractivity contribution in [2.45, 2.75) is 70.8 Å². The molecule has 4 rings (SSSR count). The molecule has 4 aliphatic carbocycles. The molecule has 0 saturated heterocycles. The maximum Gasteiger partial charge on any atom is 0.305 e. The lowest BCUT2D eigenvalue weighted by molar-refractivity contribution is -0.139. The van der Waals surface area contributed by atoms with Crippen molar-refractivity contribution >= 4 is 11.9 Å². The number of rotatable bonds is 5. The van der Waals surface area contributed by atoms with Crippen molar-refractivity contribution in [1.29, 1.82) is 0 Å². The fraction of sp³-hybridized carbons (Fsp3) is 0.882. The van der Waals surface area contributed by atoms with E-state index in [-0.39, 0.29) is 17.7 Å². The topological polar surface area (TPSA) is 66.4 Å². The van der Waals surface area contributed by atoms with Gasteiger partial charge in [-0.25, -0.2) is 0 Å². The van der Waals surface area contributed by atoms with Crippen molar-refractivity contribution in [3.63, 3.8) is 0 Å². The molecule has 118 valence electrons. The molecule has 0 unspecified atom stereocenters. The highest BCUT2D eigenvalue weighted by atomic mass is 16.4. The minimum absolute atomic E-state index is 0.0282. The monoisotopic (exact) mass is 293 g/mol. The van der Waals surface area contributed by atoms with Gasteiger partial charge in [-0.2, -0.15) is 0 Å². The van der Waals surface area contributed by atoms with E-state index in [4.69, 9.17) is 5.11 Å². The quantitative estimate of drug-likeness (QED) is 0.819. The van der Waals surface area contributed by atoms with Gasteiger partial charge in [0.2, 0.25) is 5.91 Å². The summed E-state index contributed by atoms with van der Waals surface area (Å²) in [5.74, 6) is 1.71. The maximum absolute atomic E-state index is 12.4. The number of hydrogen-bond acceptors (Lipinski definition) is 2. The summed E-state index contributed by atoms with van der Waals surface area (Å²) in [5, 5.41) is 11.9. The van der Waals surface area contributed by atoms with Gasteiger partial charge in [0.15, 0.2) is 0 Å². The minimum Gasteiger partial charge on any atom is -0.481 e. The smallest absolute Gasteiger partial charge is 0.305 e. The fourth-order valence-corrected chi connectivity index (χ4v) is 5.69. The summed E-state index contributed by atoms with van der Waals surface area (Å²) >= 11 is 0. The Balaban J connectivity index is 1.61. The minimum atomic E-state index is -0.866. The number of aliphatic carboxylic acids is 1. The lowest BCUT2D eigenvalue weighted by Gasteiger charge is -2.56. The molecular formula is C17H27NO3. The molecule has 4 aliphatic rings. The molecule has 4 saturated carbocycles. The Hall–Kier alpha value is -1.06. The van der Waals surface area contributed by atoms with Gasteiger partial charge in [-0.1, -0.05) is 0 Å². The molecule has 0 heterocycles. The molecule has 2 N–H and O–H groups in total. The summed E-state index contributed by atoms with van der Waals surface area (Å²) in [5.41, 5.74) is -0.441. The number of carboxylic acids is 1. The van der Waals surface area contributed by atoms with Gasteiger partial charge >= 0.3 is 5.97 Å². The molecule has 0 aromatic carbocycles. The number of carbonyl (C=O) groups excluding carboxylic acids is 1. The van der Waals surface area contributed by atoms with Crippen LogP contribution >= 0.6 is 0 Å². The Morgan fingerprint density at radius 1 is 1.10 bits per heavy atom. The van der Waals surface area contributed by atoms with Crippen LogP contribution in [0.2, 0.25) is 0 Å². The van der Waals surface area contributed by atoms with Gasteiger partial charge in [-0.05, 0) is 75.5 Å². The largest absolute Gasteiger partial charge is 0.481 e. The first-order valence-corrected chi connectivity index (χ1v) is 8.28. The molecule has 4 bridgehead atoms. The second-order valence-electron chi connectivity index (χ2n) is 8.60. The fourth-order valence-electron chi connectivity index (χ4n) is 5.69. The van der Waals surface area contributed by atoms with E-state index in [1.807, 2.05) is 0 Å². The number of nitrogens with one attached hydrogen (secondary N) is 1. The molecule has 1 amide bonds. The van der Waals surface area contributed by atoms with Crippen molar-refractivity contribution in [2.24, 2.45) is 23.2 Å². The summed E-state index contributed by atoms with van der Waals surface area (Å²) in [6.45, 7) is 3.58. The number of hydrogen-bond donors (Lipinski definition) is 2. The molecule has 0 aliphatic heterocycles. The lowest BCUT2D eigenvalue weighted by Crippen LogP contribution is -2.51. The predicted molar refractivity (Wildman–Crippen MR) is 79.7 cm³/mol. The zero-order chi connectivity index (χ0) is 15.3. The summed E-state index contributed by atoms with van der Waals surface area (Å²) in [7, 11) is 0. The van der Waals surface area contributed by atoms with E-state index in [2.05, 4.69) is 5.32 Å². The Labute approximate surface area is 126 Å². The van der Waals surface area contributed by atoms with E-state index >= 15 is 0 Å². The van der Waals surface area contributed by atoms with E-state index in [1.165, 1.54) is 38.5 Å². The predicted octanol–water partition coefficient (Wildman–Crippen LogP) is 2.96. The van der Waals surface area contributed by atoms with E-state index in [0.29, 0.717) is 6.42 Å². The standard InChI is InChI=1S/C17H27NO3/c1-16(2,10-15(20)21)18-14(19)9-17-6-11-3-12(7-17)5-13(4-11)8-17/h11-13H,3-10H2,1-2H3,(H,18,19)(H,20,21). The van der Waals surface area contributed by atoms with Crippen LogP contribution < -0.4 is 5.32 Å². The first-order chi connectivity index (χ1) is 9.75. The van der Waals surface area contributed by atoms with Crippen molar-refractivity contribution in [3.8, 4) is 0 Å². The lowest BCUT2D eigenvalue weighted by atomic mass is 9.49. The van der Waals surface area contributed by atoms with Crippen LogP contribution in [0, 0.1) is 23.2 Å². The van der Waals surface area contributed by atoms with Crippen LogP contribution in [-0.4, -0.2) is 22.5 Å². The zero-order valence-corrected chi connectivity index (χ0v) is 13.2. The van der Waals surface area contributed by atoms with Crippen LogP contribution in [0.25, 0.3) is 0 Å². The summed E-state index contributed by atoms with van der Waals surface area (Å²) in [4.78, 5) is 23.3. The van der Waals surface area contributed by atoms with E-state index in [0.717, 1.165) is 17.8 Å². The highest BCUT2D eigenvalue weighted by molar-refractivity contribution is 5.78. The molecule has 0 radical (unpaired) electrons. The second-order valence-corrected chi connectivity index (χ2v) is 8.60. The SMILES string of the molecule is CC(C)(CC(=O)O)NC(=O)CC12CC3CC(CC(C3)C1)C2. The Kier molecular flexibility index (Phi) is 3.53. The summed E-state index contributed by atoms with van der Waals surface area (Å²) in [6, 6.07) is 0. The summed E-state index contributed by atoms with van der Waals surface area (Å²) < 4.78 is 0. The van der Waals surface area contributed by atoms with Crippen LogP contribution in [0.15, 0.2) is 0 Å². The molecule has 4 fully saturated rings. The van der Waals surface area contributed by atoms with Gasteiger partial charge in [0, 0.05) is 12.0 Å². The molecule has 0 spiro atoms. The van der Waals surface area contributed by atoms with Crippen LogP contribution in [0.1, 0.15) is 65.2 Å². The number of carbonyl (C=O) groups is 2.